The Kier molecular flexibility index (Phi) is 6.44. The molecule has 0 fully saturated rings. The Morgan fingerprint density at radius 2 is 2.08 bits per heavy atom. The van der Waals surface area contributed by atoms with E-state index in [9.17, 15) is 14.9 Å². The number of rotatable bonds is 6. The molecule has 0 aromatic heterocycles. The van der Waals surface area contributed by atoms with Gasteiger partial charge in [-0.2, -0.15) is 0 Å². The van der Waals surface area contributed by atoms with E-state index in [2.05, 4.69) is 9.47 Å². The lowest BCUT2D eigenvalue weighted by Crippen LogP contribution is -2.05. The molecule has 0 spiro atoms. The summed E-state index contributed by atoms with van der Waals surface area (Å²) in [4.78, 5) is 19.4. The molecule has 0 aliphatic rings. The molecule has 0 unspecified atom stereocenters. The molecule has 13 heavy (non-hydrogen) atoms. The predicted octanol–water partition coefficient (Wildman–Crippen LogP) is 0.357. The van der Waals surface area contributed by atoms with E-state index in [0.717, 1.165) is 0 Å². The molecule has 6 heteroatoms. The lowest BCUT2D eigenvalue weighted by molar-refractivity contribution is -0.525. The topological polar surface area (TPSA) is 78.7 Å². The van der Waals surface area contributed by atoms with Crippen LogP contribution in [0.15, 0.2) is 12.2 Å². The fraction of sp³-hybridized carbons (Fsp3) is 0.571. The normalized spacial score (nSPS) is 10.2. The number of hydrogen-bond acceptors (Lipinski definition) is 5. The summed E-state index contributed by atoms with van der Waals surface area (Å²) in [5, 5.41) is 9.76. The fourth-order valence-electron chi connectivity index (χ4n) is 0.497. The van der Waals surface area contributed by atoms with Crippen LogP contribution in [0.1, 0.15) is 6.92 Å². The van der Waals surface area contributed by atoms with Crippen molar-refractivity contribution in [2.45, 2.75) is 6.92 Å². The second-order valence-corrected chi connectivity index (χ2v) is 2.11. The minimum absolute atomic E-state index is 0.141. The van der Waals surface area contributed by atoms with Crippen LogP contribution < -0.4 is 0 Å². The van der Waals surface area contributed by atoms with Gasteiger partial charge in [0, 0.05) is 11.8 Å². The minimum Gasteiger partial charge on any atom is -0.462 e. The van der Waals surface area contributed by atoms with Gasteiger partial charge in [0.15, 0.2) is 0 Å². The predicted molar refractivity (Wildman–Crippen MR) is 43.6 cm³/mol. The van der Waals surface area contributed by atoms with Gasteiger partial charge in [0.05, 0.1) is 6.61 Å². The van der Waals surface area contributed by atoms with Crippen molar-refractivity contribution in [1.82, 2.24) is 0 Å². The number of carbonyl (C=O) groups excluding carboxylic acids is 1. The molecular weight excluding hydrogens is 178 g/mol. The number of ether oxygens (including phenoxy) is 2. The molecule has 0 aromatic carbocycles. The van der Waals surface area contributed by atoms with Crippen molar-refractivity contribution in [3.8, 4) is 0 Å². The van der Waals surface area contributed by atoms with Crippen LogP contribution in [0.3, 0.4) is 0 Å². The van der Waals surface area contributed by atoms with E-state index in [1.54, 1.807) is 12.2 Å². The van der Waals surface area contributed by atoms with Gasteiger partial charge in [-0.3, -0.25) is 14.9 Å². The summed E-state index contributed by atoms with van der Waals surface area (Å²) >= 11 is 0. The molecule has 0 N–H and O–H groups in total. The average Bonchev–Trinajstić information content (AvgIpc) is 2.01. The summed E-state index contributed by atoms with van der Waals surface area (Å²) in [6, 6.07) is 0. The Bertz CT molecular complexity index is 201. The molecule has 0 heterocycles. The van der Waals surface area contributed by atoms with Crippen LogP contribution in [-0.4, -0.2) is 30.8 Å². The summed E-state index contributed by atoms with van der Waals surface area (Å²) < 4.78 is 9.13. The van der Waals surface area contributed by atoms with Crippen LogP contribution in [0.4, 0.5) is 0 Å². The average molecular weight is 189 g/mol. The van der Waals surface area contributed by atoms with E-state index in [1.165, 1.54) is 6.92 Å². The summed E-state index contributed by atoms with van der Waals surface area (Å²) in [6.07, 6.45) is 3.10. The summed E-state index contributed by atoms with van der Waals surface area (Å²) in [5.41, 5.74) is 0. The molecule has 0 radical (unpaired) electrons. The quantitative estimate of drug-likeness (QED) is 0.150. The zero-order chi connectivity index (χ0) is 10.1. The van der Waals surface area contributed by atoms with Gasteiger partial charge >= 0.3 is 12.7 Å². The van der Waals surface area contributed by atoms with Crippen LogP contribution in [0, 0.1) is 10.1 Å². The molecule has 0 aliphatic heterocycles. The highest BCUT2D eigenvalue weighted by Gasteiger charge is 1.92. The second kappa shape index (κ2) is 7.23. The third-order valence-corrected chi connectivity index (χ3v) is 0.960. The first-order chi connectivity index (χ1) is 6.13. The largest absolute Gasteiger partial charge is 0.462 e. The third-order valence-electron chi connectivity index (χ3n) is 0.960. The highest BCUT2D eigenvalue weighted by molar-refractivity contribution is 5.65. The molecule has 0 rings (SSSR count). The van der Waals surface area contributed by atoms with Crippen molar-refractivity contribution in [2.75, 3.05) is 19.9 Å². The van der Waals surface area contributed by atoms with Crippen LogP contribution in [0.5, 0.6) is 0 Å². The van der Waals surface area contributed by atoms with E-state index >= 15 is 0 Å². The zero-order valence-corrected chi connectivity index (χ0v) is 7.26. The molecule has 0 aromatic rings. The Morgan fingerprint density at radius 1 is 1.46 bits per heavy atom. The number of carbonyl (C=O) groups is 1. The van der Waals surface area contributed by atoms with Gasteiger partial charge in [-0.25, -0.2) is 0 Å². The van der Waals surface area contributed by atoms with Crippen molar-refractivity contribution in [3.63, 3.8) is 0 Å². The molecule has 0 amide bonds. The highest BCUT2D eigenvalue weighted by atomic mass is 16.7. The summed E-state index contributed by atoms with van der Waals surface area (Å²) in [7, 11) is 0. The standard InChI is InChI=1S/C7H11NO5/c1-7(9)13-5-3-2-4-12-6-8(10)11/h2-3H,4-6H2,1H3/b3-2-. The summed E-state index contributed by atoms with van der Waals surface area (Å²) in [5.74, 6) is -0.365. The van der Waals surface area contributed by atoms with Gasteiger partial charge in [0.25, 0.3) is 0 Å². The monoisotopic (exact) mass is 189 g/mol. The maximum atomic E-state index is 10.2. The van der Waals surface area contributed by atoms with Gasteiger partial charge < -0.3 is 9.47 Å². The van der Waals surface area contributed by atoms with E-state index in [1.807, 2.05) is 0 Å². The second-order valence-electron chi connectivity index (χ2n) is 2.11. The lowest BCUT2D eigenvalue weighted by atomic mass is 10.5. The molecular formula is C7H11NO5. The van der Waals surface area contributed by atoms with Crippen molar-refractivity contribution in [2.24, 2.45) is 0 Å². The van der Waals surface area contributed by atoms with Gasteiger partial charge in [0.2, 0.25) is 0 Å². The number of hydrogen-bond donors (Lipinski definition) is 0. The summed E-state index contributed by atoms with van der Waals surface area (Å²) in [6.45, 7) is 1.09. The maximum absolute atomic E-state index is 10.2. The number of esters is 1. The van der Waals surface area contributed by atoms with Gasteiger partial charge in [-0.05, 0) is 6.08 Å². The molecule has 0 atom stereocenters. The molecule has 0 saturated carbocycles. The van der Waals surface area contributed by atoms with E-state index in [-0.39, 0.29) is 19.2 Å². The maximum Gasteiger partial charge on any atom is 0.306 e. The zero-order valence-electron chi connectivity index (χ0n) is 7.26. The van der Waals surface area contributed by atoms with E-state index in [4.69, 9.17) is 0 Å². The van der Waals surface area contributed by atoms with E-state index in [0.29, 0.717) is 0 Å². The van der Waals surface area contributed by atoms with Crippen LogP contribution >= 0.6 is 0 Å². The Labute approximate surface area is 75.3 Å². The SMILES string of the molecule is CC(=O)OC/C=C\COC[N+](=O)[O-]. The number of nitrogens with zero attached hydrogens (tertiary/aromatic N) is 1. The fourth-order valence-corrected chi connectivity index (χ4v) is 0.497. The first-order valence-electron chi connectivity index (χ1n) is 3.61. The van der Waals surface area contributed by atoms with E-state index < -0.39 is 11.7 Å². The Balaban J connectivity index is 3.22. The van der Waals surface area contributed by atoms with Crippen LogP contribution in [-0.2, 0) is 14.3 Å². The van der Waals surface area contributed by atoms with Gasteiger partial charge in [-0.15, -0.1) is 0 Å². The molecule has 6 nitrogen and oxygen atoms in total. The molecule has 0 saturated heterocycles. The first kappa shape index (κ1) is 11.6. The van der Waals surface area contributed by atoms with Gasteiger partial charge in [-0.1, -0.05) is 6.08 Å². The molecule has 74 valence electrons. The molecule has 0 bridgehead atoms. The number of nitro groups is 1. The third kappa shape index (κ3) is 10.6. The molecule has 0 aliphatic carbocycles. The van der Waals surface area contributed by atoms with Crippen LogP contribution in [0.2, 0.25) is 0 Å². The smallest absolute Gasteiger partial charge is 0.306 e. The lowest BCUT2D eigenvalue weighted by Gasteiger charge is -1.95. The Hall–Kier alpha value is -1.43. The van der Waals surface area contributed by atoms with Crippen molar-refractivity contribution >= 4 is 5.97 Å². The minimum atomic E-state index is -0.570. The first-order valence-corrected chi connectivity index (χ1v) is 3.61. The Morgan fingerprint density at radius 3 is 2.62 bits per heavy atom. The highest BCUT2D eigenvalue weighted by Crippen LogP contribution is 1.81. The van der Waals surface area contributed by atoms with Crippen molar-refractivity contribution in [3.05, 3.63) is 22.3 Å². The van der Waals surface area contributed by atoms with Crippen LogP contribution in [0.25, 0.3) is 0 Å². The van der Waals surface area contributed by atoms with Crippen molar-refractivity contribution in [1.29, 1.82) is 0 Å². The van der Waals surface area contributed by atoms with Crippen molar-refractivity contribution < 1.29 is 19.2 Å². The van der Waals surface area contributed by atoms with Gasteiger partial charge in [0.1, 0.15) is 6.61 Å².